The Morgan fingerprint density at radius 3 is 2.88 bits per heavy atom. The van der Waals surface area contributed by atoms with Gasteiger partial charge >= 0.3 is 0 Å². The van der Waals surface area contributed by atoms with E-state index in [1.54, 1.807) is 0 Å². The van der Waals surface area contributed by atoms with E-state index in [2.05, 4.69) is 4.98 Å². The Balaban J connectivity index is 2.72. The highest BCUT2D eigenvalue weighted by Crippen LogP contribution is 2.21. The van der Waals surface area contributed by atoms with E-state index in [0.717, 1.165) is 0 Å². The molecule has 7 heteroatoms. The lowest BCUT2D eigenvalue weighted by molar-refractivity contribution is 0.603. The Labute approximate surface area is 98.6 Å². The first-order chi connectivity index (χ1) is 7.42. The van der Waals surface area contributed by atoms with Crippen LogP contribution in [0.3, 0.4) is 0 Å². The Morgan fingerprint density at radius 1 is 1.62 bits per heavy atom. The maximum atomic E-state index is 10.9. The minimum absolute atomic E-state index is 0.0641. The third-order valence-corrected chi connectivity index (χ3v) is 3.90. The molecule has 0 aliphatic heterocycles. The molecule has 1 aromatic rings. The molecule has 0 aliphatic rings. The Bertz CT molecular complexity index is 520. The minimum atomic E-state index is -2.98. The summed E-state index contributed by atoms with van der Waals surface area (Å²) in [6.07, 6.45) is 2.62. The molecule has 1 aromatic heterocycles. The summed E-state index contributed by atoms with van der Waals surface area (Å²) in [5.74, 6) is 0.443. The molecule has 0 atom stereocenters. The van der Waals surface area contributed by atoms with Gasteiger partial charge in [0.2, 0.25) is 0 Å². The van der Waals surface area contributed by atoms with Crippen molar-refractivity contribution in [3.05, 3.63) is 17.8 Å². The highest BCUT2D eigenvalue weighted by molar-refractivity contribution is 8.00. The molecule has 1 heterocycles. The van der Waals surface area contributed by atoms with Gasteiger partial charge in [0, 0.05) is 12.0 Å². The van der Waals surface area contributed by atoms with E-state index in [1.165, 1.54) is 30.3 Å². The highest BCUT2D eigenvalue weighted by Gasteiger charge is 2.07. The summed E-state index contributed by atoms with van der Waals surface area (Å²) in [5, 5.41) is 9.34. The highest BCUT2D eigenvalue weighted by atomic mass is 32.2. The van der Waals surface area contributed by atoms with Gasteiger partial charge in [-0.3, -0.25) is 0 Å². The topological polar surface area (TPSA) is 96.8 Å². The number of anilines is 1. The summed E-state index contributed by atoms with van der Waals surface area (Å²) in [5.41, 5.74) is 6.28. The van der Waals surface area contributed by atoms with Crippen LogP contribution in [0.1, 0.15) is 5.56 Å². The summed E-state index contributed by atoms with van der Waals surface area (Å²) < 4.78 is 21.8. The number of aromatic nitrogens is 1. The van der Waals surface area contributed by atoms with Crippen LogP contribution in [-0.2, 0) is 9.84 Å². The molecule has 0 saturated carbocycles. The minimum Gasteiger partial charge on any atom is -0.397 e. The molecular weight excluding hydrogens is 246 g/mol. The number of nitrogen functional groups attached to an aromatic ring is 1. The van der Waals surface area contributed by atoms with Crippen LogP contribution in [0.25, 0.3) is 0 Å². The van der Waals surface area contributed by atoms with Crippen molar-refractivity contribution in [1.29, 1.82) is 5.26 Å². The smallest absolute Gasteiger partial charge is 0.148 e. The van der Waals surface area contributed by atoms with Crippen molar-refractivity contribution in [3.8, 4) is 6.07 Å². The zero-order valence-corrected chi connectivity index (χ0v) is 10.3. The van der Waals surface area contributed by atoms with Gasteiger partial charge in [0.05, 0.1) is 23.2 Å². The molecule has 0 aromatic carbocycles. The quantitative estimate of drug-likeness (QED) is 0.796. The van der Waals surface area contributed by atoms with E-state index in [4.69, 9.17) is 11.0 Å². The number of hydrogen-bond donors (Lipinski definition) is 1. The maximum absolute atomic E-state index is 10.9. The summed E-state index contributed by atoms with van der Waals surface area (Å²) in [4.78, 5) is 3.99. The standard InChI is InChI=1S/C9H11N3O2S2/c1-16(13,14)3-2-15-9-7(5-10)4-8(11)6-12-9/h4,6H,2-3,11H2,1H3. The molecule has 0 spiro atoms. The van der Waals surface area contributed by atoms with Gasteiger partial charge in [-0.25, -0.2) is 13.4 Å². The molecule has 0 saturated heterocycles. The number of nitrogens with two attached hydrogens (primary N) is 1. The molecular formula is C9H11N3O2S2. The molecule has 1 rings (SSSR count). The van der Waals surface area contributed by atoms with Crippen LogP contribution in [0.5, 0.6) is 0 Å². The number of hydrogen-bond acceptors (Lipinski definition) is 6. The first-order valence-electron chi connectivity index (χ1n) is 4.38. The van der Waals surface area contributed by atoms with Crippen molar-refractivity contribution in [2.45, 2.75) is 5.03 Å². The molecule has 2 N–H and O–H groups in total. The van der Waals surface area contributed by atoms with Crippen molar-refractivity contribution >= 4 is 27.3 Å². The Hall–Kier alpha value is -1.26. The summed E-state index contributed by atoms with van der Waals surface area (Å²) in [6.45, 7) is 0. The number of pyridine rings is 1. The van der Waals surface area contributed by atoms with Crippen LogP contribution < -0.4 is 5.73 Å². The fourth-order valence-electron chi connectivity index (χ4n) is 0.953. The Morgan fingerprint density at radius 2 is 2.31 bits per heavy atom. The summed E-state index contributed by atoms with van der Waals surface area (Å²) >= 11 is 1.24. The second kappa shape index (κ2) is 5.18. The van der Waals surface area contributed by atoms with Gasteiger partial charge < -0.3 is 5.73 Å². The van der Waals surface area contributed by atoms with Crippen LogP contribution in [0.15, 0.2) is 17.3 Å². The summed E-state index contributed by atoms with van der Waals surface area (Å²) in [6, 6.07) is 3.49. The van der Waals surface area contributed by atoms with Crippen molar-refractivity contribution < 1.29 is 8.42 Å². The van der Waals surface area contributed by atoms with Gasteiger partial charge in [-0.1, -0.05) is 0 Å². The van der Waals surface area contributed by atoms with E-state index >= 15 is 0 Å². The fraction of sp³-hybridized carbons (Fsp3) is 0.333. The van der Waals surface area contributed by atoms with Crippen LogP contribution in [0.4, 0.5) is 5.69 Å². The number of rotatable bonds is 4. The second-order valence-electron chi connectivity index (χ2n) is 3.21. The normalized spacial score (nSPS) is 11.0. The lowest BCUT2D eigenvalue weighted by Gasteiger charge is -2.02. The van der Waals surface area contributed by atoms with Gasteiger partial charge in [-0.05, 0) is 6.07 Å². The number of thioether (sulfide) groups is 1. The predicted molar refractivity (Wildman–Crippen MR) is 63.8 cm³/mol. The van der Waals surface area contributed by atoms with Gasteiger partial charge in [0.15, 0.2) is 0 Å². The number of sulfone groups is 1. The fourth-order valence-corrected chi connectivity index (χ4v) is 3.08. The lowest BCUT2D eigenvalue weighted by Crippen LogP contribution is -2.05. The van der Waals surface area contributed by atoms with Gasteiger partial charge in [-0.15, -0.1) is 11.8 Å². The molecule has 0 radical (unpaired) electrons. The predicted octanol–water partition coefficient (Wildman–Crippen LogP) is 0.672. The number of nitriles is 1. The van der Waals surface area contributed by atoms with E-state index in [1.807, 2.05) is 6.07 Å². The van der Waals surface area contributed by atoms with Crippen molar-refractivity contribution in [3.63, 3.8) is 0 Å². The van der Waals surface area contributed by atoms with Crippen molar-refractivity contribution in [2.24, 2.45) is 0 Å². The van der Waals surface area contributed by atoms with Crippen molar-refractivity contribution in [1.82, 2.24) is 4.98 Å². The molecule has 16 heavy (non-hydrogen) atoms. The second-order valence-corrected chi connectivity index (χ2v) is 6.55. The van der Waals surface area contributed by atoms with Gasteiger partial charge in [0.1, 0.15) is 20.9 Å². The SMILES string of the molecule is CS(=O)(=O)CCSc1ncc(N)cc1C#N. The van der Waals surface area contributed by atoms with E-state index < -0.39 is 9.84 Å². The first-order valence-corrected chi connectivity index (χ1v) is 7.43. The largest absolute Gasteiger partial charge is 0.397 e. The van der Waals surface area contributed by atoms with Crippen LogP contribution in [-0.4, -0.2) is 31.2 Å². The molecule has 0 unspecified atom stereocenters. The van der Waals surface area contributed by atoms with Gasteiger partial charge in [-0.2, -0.15) is 5.26 Å². The molecule has 0 fully saturated rings. The average molecular weight is 257 g/mol. The lowest BCUT2D eigenvalue weighted by atomic mass is 10.3. The van der Waals surface area contributed by atoms with E-state index in [0.29, 0.717) is 22.0 Å². The first kappa shape index (κ1) is 12.8. The monoisotopic (exact) mass is 257 g/mol. The van der Waals surface area contributed by atoms with Crippen LogP contribution >= 0.6 is 11.8 Å². The zero-order chi connectivity index (χ0) is 12.2. The number of nitrogens with zero attached hydrogens (tertiary/aromatic N) is 2. The third kappa shape index (κ3) is 4.08. The average Bonchev–Trinajstić information content (AvgIpc) is 2.18. The van der Waals surface area contributed by atoms with Crippen molar-refractivity contribution in [2.75, 3.05) is 23.5 Å². The van der Waals surface area contributed by atoms with Crippen LogP contribution in [0, 0.1) is 11.3 Å². The molecule has 5 nitrogen and oxygen atoms in total. The Kier molecular flexibility index (Phi) is 4.15. The molecule has 86 valence electrons. The van der Waals surface area contributed by atoms with E-state index in [-0.39, 0.29) is 5.75 Å². The van der Waals surface area contributed by atoms with E-state index in [9.17, 15) is 8.42 Å². The van der Waals surface area contributed by atoms with Gasteiger partial charge in [0.25, 0.3) is 0 Å². The summed E-state index contributed by atoms with van der Waals surface area (Å²) in [7, 11) is -2.98. The molecule has 0 amide bonds. The molecule has 0 aliphatic carbocycles. The zero-order valence-electron chi connectivity index (χ0n) is 8.67. The van der Waals surface area contributed by atoms with Crippen LogP contribution in [0.2, 0.25) is 0 Å². The third-order valence-electron chi connectivity index (χ3n) is 1.69. The maximum Gasteiger partial charge on any atom is 0.148 e. The molecule has 0 bridgehead atoms.